The van der Waals surface area contributed by atoms with Crippen LogP contribution >= 0.6 is 11.6 Å². The summed E-state index contributed by atoms with van der Waals surface area (Å²) in [6, 6.07) is 7.95. The lowest BCUT2D eigenvalue weighted by atomic mass is 10.1. The number of halogens is 2. The highest BCUT2D eigenvalue weighted by Gasteiger charge is 2.15. The third-order valence-corrected chi connectivity index (χ3v) is 4.22. The van der Waals surface area contributed by atoms with Gasteiger partial charge in [0.25, 0.3) is 5.91 Å². The SMILES string of the molecule is CCCCNC(=O)/C(C#N)=C/c1c(C)nn(Cc2ccc(F)cc2)c1Cl. The second kappa shape index (κ2) is 9.16. The zero-order valence-electron chi connectivity index (χ0n) is 14.7. The smallest absolute Gasteiger partial charge is 0.261 e. The third-order valence-electron chi connectivity index (χ3n) is 3.82. The summed E-state index contributed by atoms with van der Waals surface area (Å²) in [5.41, 5.74) is 1.94. The molecule has 0 saturated heterocycles. The fraction of sp³-hybridized carbons (Fsp3) is 0.316. The summed E-state index contributed by atoms with van der Waals surface area (Å²) >= 11 is 6.38. The molecule has 136 valence electrons. The maximum atomic E-state index is 13.0. The fourth-order valence-corrected chi connectivity index (χ4v) is 2.65. The van der Waals surface area contributed by atoms with Gasteiger partial charge in [0, 0.05) is 12.1 Å². The Balaban J connectivity index is 2.23. The van der Waals surface area contributed by atoms with Gasteiger partial charge in [-0.2, -0.15) is 10.4 Å². The van der Waals surface area contributed by atoms with E-state index in [1.165, 1.54) is 18.2 Å². The molecule has 0 fully saturated rings. The summed E-state index contributed by atoms with van der Waals surface area (Å²) < 4.78 is 14.6. The monoisotopic (exact) mass is 374 g/mol. The van der Waals surface area contributed by atoms with Crippen molar-refractivity contribution in [2.45, 2.75) is 33.2 Å². The molecule has 0 aliphatic heterocycles. The zero-order valence-corrected chi connectivity index (χ0v) is 15.5. The van der Waals surface area contributed by atoms with Crippen molar-refractivity contribution in [3.8, 4) is 6.07 Å². The molecule has 26 heavy (non-hydrogen) atoms. The maximum absolute atomic E-state index is 13.0. The number of aryl methyl sites for hydroxylation is 1. The van der Waals surface area contributed by atoms with E-state index in [0.717, 1.165) is 18.4 Å². The number of hydrogen-bond acceptors (Lipinski definition) is 3. The van der Waals surface area contributed by atoms with E-state index in [2.05, 4.69) is 10.4 Å². The Morgan fingerprint density at radius 2 is 2.12 bits per heavy atom. The van der Waals surface area contributed by atoms with Gasteiger partial charge in [0.05, 0.1) is 12.2 Å². The number of carbonyl (C=O) groups excluding carboxylic acids is 1. The summed E-state index contributed by atoms with van der Waals surface area (Å²) in [7, 11) is 0. The van der Waals surface area contributed by atoms with Crippen LogP contribution in [-0.2, 0) is 11.3 Å². The lowest BCUT2D eigenvalue weighted by Crippen LogP contribution is -2.25. The van der Waals surface area contributed by atoms with Crippen LogP contribution in [0.15, 0.2) is 29.8 Å². The summed E-state index contributed by atoms with van der Waals surface area (Å²) in [5, 5.41) is 16.7. The molecule has 2 aromatic rings. The second-order valence-electron chi connectivity index (χ2n) is 5.85. The van der Waals surface area contributed by atoms with Crippen LogP contribution in [-0.4, -0.2) is 22.2 Å². The van der Waals surface area contributed by atoms with Crippen molar-refractivity contribution >= 4 is 23.6 Å². The van der Waals surface area contributed by atoms with Crippen LogP contribution in [0.3, 0.4) is 0 Å². The highest BCUT2D eigenvalue weighted by atomic mass is 35.5. The lowest BCUT2D eigenvalue weighted by molar-refractivity contribution is -0.117. The first-order valence-electron chi connectivity index (χ1n) is 8.33. The van der Waals surface area contributed by atoms with Crippen molar-refractivity contribution in [2.75, 3.05) is 6.54 Å². The number of aromatic nitrogens is 2. The van der Waals surface area contributed by atoms with E-state index in [0.29, 0.717) is 29.5 Å². The number of amides is 1. The highest BCUT2D eigenvalue weighted by molar-refractivity contribution is 6.31. The van der Waals surface area contributed by atoms with Crippen LogP contribution in [0.4, 0.5) is 4.39 Å². The first-order chi connectivity index (χ1) is 12.5. The van der Waals surface area contributed by atoms with Crippen LogP contribution in [0, 0.1) is 24.1 Å². The number of rotatable bonds is 7. The van der Waals surface area contributed by atoms with Crippen LogP contribution in [0.1, 0.15) is 36.6 Å². The molecule has 1 amide bonds. The predicted molar refractivity (Wildman–Crippen MR) is 99.0 cm³/mol. The van der Waals surface area contributed by atoms with E-state index in [1.807, 2.05) is 13.0 Å². The number of nitrogens with one attached hydrogen (secondary N) is 1. The van der Waals surface area contributed by atoms with Crippen molar-refractivity contribution in [3.63, 3.8) is 0 Å². The van der Waals surface area contributed by atoms with Gasteiger partial charge in [-0.05, 0) is 37.1 Å². The number of hydrogen-bond donors (Lipinski definition) is 1. The van der Waals surface area contributed by atoms with E-state index >= 15 is 0 Å². The molecule has 0 aliphatic carbocycles. The van der Waals surface area contributed by atoms with Crippen LogP contribution in [0.2, 0.25) is 5.15 Å². The van der Waals surface area contributed by atoms with E-state index in [1.54, 1.807) is 23.7 Å². The van der Waals surface area contributed by atoms with Gasteiger partial charge in [0.2, 0.25) is 0 Å². The molecule has 1 aromatic carbocycles. The van der Waals surface area contributed by atoms with Crippen LogP contribution in [0.5, 0.6) is 0 Å². The van der Waals surface area contributed by atoms with E-state index in [-0.39, 0.29) is 11.4 Å². The second-order valence-corrected chi connectivity index (χ2v) is 6.21. The molecular formula is C19H20ClFN4O. The first-order valence-corrected chi connectivity index (χ1v) is 8.71. The van der Waals surface area contributed by atoms with Gasteiger partial charge in [-0.1, -0.05) is 37.1 Å². The molecule has 1 aromatic heterocycles. The molecule has 0 atom stereocenters. The average Bonchev–Trinajstić information content (AvgIpc) is 2.88. The Labute approximate surface area is 157 Å². The van der Waals surface area contributed by atoms with Gasteiger partial charge >= 0.3 is 0 Å². The van der Waals surface area contributed by atoms with Crippen molar-refractivity contribution in [1.29, 1.82) is 5.26 Å². The van der Waals surface area contributed by atoms with E-state index < -0.39 is 5.91 Å². The first kappa shape index (κ1) is 19.7. The number of unbranched alkanes of at least 4 members (excludes halogenated alkanes) is 1. The van der Waals surface area contributed by atoms with Gasteiger partial charge < -0.3 is 5.32 Å². The van der Waals surface area contributed by atoms with E-state index in [4.69, 9.17) is 11.6 Å². The van der Waals surface area contributed by atoms with Gasteiger partial charge in [0.1, 0.15) is 22.6 Å². The molecule has 1 heterocycles. The predicted octanol–water partition coefficient (Wildman–Crippen LogP) is 3.86. The number of nitriles is 1. The van der Waals surface area contributed by atoms with Gasteiger partial charge in [-0.3, -0.25) is 4.79 Å². The quantitative estimate of drug-likeness (QED) is 0.454. The molecule has 2 rings (SSSR count). The minimum absolute atomic E-state index is 0.0209. The highest BCUT2D eigenvalue weighted by Crippen LogP contribution is 2.23. The average molecular weight is 375 g/mol. The van der Waals surface area contributed by atoms with Crippen molar-refractivity contribution < 1.29 is 9.18 Å². The Morgan fingerprint density at radius 3 is 2.73 bits per heavy atom. The van der Waals surface area contributed by atoms with Gasteiger partial charge in [-0.25, -0.2) is 9.07 Å². The number of nitrogens with zero attached hydrogens (tertiary/aromatic N) is 3. The van der Waals surface area contributed by atoms with E-state index in [9.17, 15) is 14.4 Å². The minimum Gasteiger partial charge on any atom is -0.351 e. The fourth-order valence-electron chi connectivity index (χ4n) is 2.37. The molecule has 7 heteroatoms. The molecule has 0 saturated carbocycles. The number of carbonyl (C=O) groups is 1. The standard InChI is InChI=1S/C19H20ClFN4O/c1-3-4-9-23-19(26)15(11-22)10-17-13(2)24-25(18(17)20)12-14-5-7-16(21)8-6-14/h5-8,10H,3-4,9,12H2,1-2H3,(H,23,26)/b15-10+. The van der Waals surface area contributed by atoms with Crippen molar-refractivity contribution in [2.24, 2.45) is 0 Å². The maximum Gasteiger partial charge on any atom is 0.261 e. The van der Waals surface area contributed by atoms with Gasteiger partial charge in [0.15, 0.2) is 0 Å². The van der Waals surface area contributed by atoms with Crippen LogP contribution in [0.25, 0.3) is 6.08 Å². The summed E-state index contributed by atoms with van der Waals surface area (Å²) in [6.45, 7) is 4.65. The largest absolute Gasteiger partial charge is 0.351 e. The van der Waals surface area contributed by atoms with Crippen molar-refractivity contribution in [1.82, 2.24) is 15.1 Å². The van der Waals surface area contributed by atoms with Crippen molar-refractivity contribution in [3.05, 3.63) is 57.6 Å². The Morgan fingerprint density at radius 1 is 1.42 bits per heavy atom. The number of benzene rings is 1. The molecule has 5 nitrogen and oxygen atoms in total. The molecular weight excluding hydrogens is 355 g/mol. The Kier molecular flexibility index (Phi) is 6.93. The van der Waals surface area contributed by atoms with Crippen LogP contribution < -0.4 is 5.32 Å². The third kappa shape index (κ3) is 4.93. The Hall–Kier alpha value is -2.65. The minimum atomic E-state index is -0.428. The summed E-state index contributed by atoms with van der Waals surface area (Å²) in [4.78, 5) is 12.1. The topological polar surface area (TPSA) is 70.7 Å². The van der Waals surface area contributed by atoms with Gasteiger partial charge in [-0.15, -0.1) is 0 Å². The molecule has 0 radical (unpaired) electrons. The molecule has 0 spiro atoms. The Bertz CT molecular complexity index is 850. The lowest BCUT2D eigenvalue weighted by Gasteiger charge is -2.04. The summed E-state index contributed by atoms with van der Waals surface area (Å²) in [6.07, 6.45) is 3.25. The molecule has 0 unspecified atom stereocenters. The normalized spacial score (nSPS) is 11.3. The molecule has 0 bridgehead atoms. The molecule has 1 N–H and O–H groups in total. The molecule has 0 aliphatic rings. The summed E-state index contributed by atoms with van der Waals surface area (Å²) in [5.74, 6) is -0.740. The zero-order chi connectivity index (χ0) is 19.1.